The predicted octanol–water partition coefficient (Wildman–Crippen LogP) is 3.77. The second-order valence-corrected chi connectivity index (χ2v) is 5.95. The van der Waals surface area contributed by atoms with E-state index in [0.29, 0.717) is 26.2 Å². The molecule has 0 saturated carbocycles. The summed E-state index contributed by atoms with van der Waals surface area (Å²) in [6.07, 6.45) is 1.30. The van der Waals surface area contributed by atoms with Crippen LogP contribution in [0.15, 0.2) is 48.5 Å². The van der Waals surface area contributed by atoms with Gasteiger partial charge in [0, 0.05) is 5.92 Å². The number of hydrogen-bond acceptors (Lipinski definition) is 4. The highest BCUT2D eigenvalue weighted by Crippen LogP contribution is 2.31. The normalized spacial score (nSPS) is 16.7. The van der Waals surface area contributed by atoms with Crippen LogP contribution in [-0.2, 0) is 22.6 Å². The van der Waals surface area contributed by atoms with Crippen molar-refractivity contribution in [3.63, 3.8) is 0 Å². The van der Waals surface area contributed by atoms with E-state index in [1.807, 2.05) is 55.5 Å². The Kier molecular flexibility index (Phi) is 5.36. The highest BCUT2D eigenvalue weighted by atomic mass is 16.5. The van der Waals surface area contributed by atoms with Crippen molar-refractivity contribution in [3.8, 4) is 11.5 Å². The Bertz CT molecular complexity index is 681. The fourth-order valence-corrected chi connectivity index (χ4v) is 2.83. The van der Waals surface area contributed by atoms with Crippen molar-refractivity contribution in [2.45, 2.75) is 26.4 Å². The molecule has 0 aliphatic carbocycles. The van der Waals surface area contributed by atoms with Crippen molar-refractivity contribution >= 4 is 5.97 Å². The third kappa shape index (κ3) is 4.28. The maximum absolute atomic E-state index is 11.2. The molecule has 0 N–H and O–H groups in total. The standard InChI is InChI=1S/C20H22O4/c1-2-22-18-9-8-16(10-17-12-20(21)24-14-17)11-19(18)23-13-15-6-4-3-5-7-15/h3-9,11,17H,2,10,12-14H2,1H3/t17-/m1/s1. The summed E-state index contributed by atoms with van der Waals surface area (Å²) < 4.78 is 16.7. The Morgan fingerprint density at radius 2 is 1.88 bits per heavy atom. The van der Waals surface area contributed by atoms with Gasteiger partial charge in [0.05, 0.1) is 19.6 Å². The van der Waals surface area contributed by atoms with Crippen LogP contribution < -0.4 is 9.47 Å². The van der Waals surface area contributed by atoms with Gasteiger partial charge < -0.3 is 14.2 Å². The van der Waals surface area contributed by atoms with E-state index in [2.05, 4.69) is 0 Å². The molecule has 0 spiro atoms. The lowest BCUT2D eigenvalue weighted by Gasteiger charge is -2.14. The first-order chi connectivity index (χ1) is 11.7. The molecule has 1 fully saturated rings. The second kappa shape index (κ2) is 7.86. The largest absolute Gasteiger partial charge is 0.490 e. The maximum Gasteiger partial charge on any atom is 0.306 e. The molecule has 1 aliphatic rings. The molecule has 1 heterocycles. The van der Waals surface area contributed by atoms with E-state index < -0.39 is 0 Å². The van der Waals surface area contributed by atoms with E-state index in [4.69, 9.17) is 14.2 Å². The zero-order chi connectivity index (χ0) is 16.8. The number of cyclic esters (lactones) is 1. The van der Waals surface area contributed by atoms with E-state index in [9.17, 15) is 4.79 Å². The molecule has 2 aromatic rings. The van der Waals surface area contributed by atoms with Crippen LogP contribution in [0.4, 0.5) is 0 Å². The lowest BCUT2D eigenvalue weighted by Crippen LogP contribution is -2.05. The second-order valence-electron chi connectivity index (χ2n) is 5.95. The number of carbonyl (C=O) groups is 1. The van der Waals surface area contributed by atoms with Crippen LogP contribution in [0.1, 0.15) is 24.5 Å². The summed E-state index contributed by atoms with van der Waals surface area (Å²) in [6.45, 7) is 3.55. The summed E-state index contributed by atoms with van der Waals surface area (Å²) in [5, 5.41) is 0. The van der Waals surface area contributed by atoms with Crippen LogP contribution in [0.3, 0.4) is 0 Å². The third-order valence-corrected chi connectivity index (χ3v) is 4.00. The molecule has 1 aliphatic heterocycles. The van der Waals surface area contributed by atoms with Crippen LogP contribution in [0.2, 0.25) is 0 Å². The zero-order valence-corrected chi connectivity index (χ0v) is 13.9. The molecular formula is C20H22O4. The molecule has 0 radical (unpaired) electrons. The molecule has 0 unspecified atom stereocenters. The molecule has 1 saturated heterocycles. The van der Waals surface area contributed by atoms with Crippen LogP contribution >= 0.6 is 0 Å². The van der Waals surface area contributed by atoms with Crippen molar-refractivity contribution in [2.75, 3.05) is 13.2 Å². The molecule has 4 nitrogen and oxygen atoms in total. The Morgan fingerprint density at radius 3 is 2.58 bits per heavy atom. The van der Waals surface area contributed by atoms with Crippen molar-refractivity contribution in [3.05, 3.63) is 59.7 Å². The molecule has 4 heteroatoms. The van der Waals surface area contributed by atoms with Crippen molar-refractivity contribution in [2.24, 2.45) is 5.92 Å². The minimum Gasteiger partial charge on any atom is -0.490 e. The maximum atomic E-state index is 11.2. The minimum atomic E-state index is -0.105. The van der Waals surface area contributed by atoms with Gasteiger partial charge in [-0.2, -0.15) is 0 Å². The Hall–Kier alpha value is -2.49. The summed E-state index contributed by atoms with van der Waals surface area (Å²) in [5.41, 5.74) is 2.24. The first kappa shape index (κ1) is 16.4. The number of esters is 1. The van der Waals surface area contributed by atoms with Crippen LogP contribution in [-0.4, -0.2) is 19.2 Å². The lowest BCUT2D eigenvalue weighted by molar-refractivity contribution is -0.137. The van der Waals surface area contributed by atoms with Crippen LogP contribution in [0, 0.1) is 5.92 Å². The number of benzene rings is 2. The molecule has 0 bridgehead atoms. The van der Waals surface area contributed by atoms with Gasteiger partial charge in [-0.15, -0.1) is 0 Å². The minimum absolute atomic E-state index is 0.105. The number of ether oxygens (including phenoxy) is 3. The summed E-state index contributed by atoms with van der Waals surface area (Å²) >= 11 is 0. The highest BCUT2D eigenvalue weighted by molar-refractivity contribution is 5.71. The molecule has 0 aromatic heterocycles. The third-order valence-electron chi connectivity index (χ3n) is 4.00. The SMILES string of the molecule is CCOc1ccc(C[C@H]2COC(=O)C2)cc1OCc1ccccc1. The fraction of sp³-hybridized carbons (Fsp3) is 0.350. The monoisotopic (exact) mass is 326 g/mol. The number of hydrogen-bond donors (Lipinski definition) is 0. The van der Waals surface area contributed by atoms with Crippen molar-refractivity contribution < 1.29 is 19.0 Å². The van der Waals surface area contributed by atoms with Gasteiger partial charge in [-0.3, -0.25) is 4.79 Å². The quantitative estimate of drug-likeness (QED) is 0.727. The van der Waals surface area contributed by atoms with Crippen molar-refractivity contribution in [1.82, 2.24) is 0 Å². The van der Waals surface area contributed by atoms with Gasteiger partial charge in [0.1, 0.15) is 6.61 Å². The molecule has 3 rings (SSSR count). The summed E-state index contributed by atoms with van der Waals surface area (Å²) in [5.74, 6) is 1.63. The highest BCUT2D eigenvalue weighted by Gasteiger charge is 2.24. The first-order valence-corrected chi connectivity index (χ1v) is 8.32. The van der Waals surface area contributed by atoms with E-state index >= 15 is 0 Å². The van der Waals surface area contributed by atoms with Gasteiger partial charge >= 0.3 is 5.97 Å². The summed E-state index contributed by atoms with van der Waals surface area (Å²) in [4.78, 5) is 11.2. The van der Waals surface area contributed by atoms with Crippen LogP contribution in [0.25, 0.3) is 0 Å². The lowest BCUT2D eigenvalue weighted by atomic mass is 9.98. The molecule has 2 aromatic carbocycles. The molecule has 126 valence electrons. The van der Waals surface area contributed by atoms with Crippen molar-refractivity contribution in [1.29, 1.82) is 0 Å². The Morgan fingerprint density at radius 1 is 1.04 bits per heavy atom. The molecule has 24 heavy (non-hydrogen) atoms. The average Bonchev–Trinajstić information content (AvgIpc) is 3.01. The summed E-state index contributed by atoms with van der Waals surface area (Å²) in [7, 11) is 0. The fourth-order valence-electron chi connectivity index (χ4n) is 2.83. The summed E-state index contributed by atoms with van der Waals surface area (Å²) in [6, 6.07) is 16.0. The predicted molar refractivity (Wildman–Crippen MR) is 91.2 cm³/mol. The van der Waals surface area contributed by atoms with Gasteiger partial charge in [0.2, 0.25) is 0 Å². The van der Waals surface area contributed by atoms with E-state index in [1.165, 1.54) is 0 Å². The van der Waals surface area contributed by atoms with Gasteiger partial charge in [-0.05, 0) is 36.6 Å². The number of carbonyl (C=O) groups excluding carboxylic acids is 1. The van der Waals surface area contributed by atoms with Gasteiger partial charge in [-0.25, -0.2) is 0 Å². The van der Waals surface area contributed by atoms with E-state index in [1.54, 1.807) is 0 Å². The first-order valence-electron chi connectivity index (χ1n) is 8.32. The van der Waals surface area contributed by atoms with E-state index in [0.717, 1.165) is 29.0 Å². The molecular weight excluding hydrogens is 304 g/mol. The van der Waals surface area contributed by atoms with Gasteiger partial charge in [0.15, 0.2) is 11.5 Å². The topological polar surface area (TPSA) is 44.8 Å². The van der Waals surface area contributed by atoms with Gasteiger partial charge in [0.25, 0.3) is 0 Å². The van der Waals surface area contributed by atoms with Gasteiger partial charge in [-0.1, -0.05) is 36.4 Å². The Labute approximate surface area is 142 Å². The van der Waals surface area contributed by atoms with E-state index in [-0.39, 0.29) is 11.9 Å². The van der Waals surface area contributed by atoms with Crippen LogP contribution in [0.5, 0.6) is 11.5 Å². The average molecular weight is 326 g/mol. The Balaban J connectivity index is 1.71. The number of rotatable bonds is 7. The molecule has 1 atom stereocenters. The molecule has 0 amide bonds. The smallest absolute Gasteiger partial charge is 0.306 e. The zero-order valence-electron chi connectivity index (χ0n) is 13.9.